The number of rotatable bonds is 7. The highest BCUT2D eigenvalue weighted by Gasteiger charge is 2.33. The summed E-state index contributed by atoms with van der Waals surface area (Å²) in [4.78, 5) is 30.2. The summed E-state index contributed by atoms with van der Waals surface area (Å²) in [6.45, 7) is 2.48. The number of halogens is 1. The number of nitrogens with zero attached hydrogens (tertiary/aromatic N) is 2. The number of aromatic nitrogens is 2. The van der Waals surface area contributed by atoms with Crippen LogP contribution in [0.15, 0.2) is 53.3 Å². The number of carbonyl (C=O) groups is 1. The van der Waals surface area contributed by atoms with Gasteiger partial charge in [0.05, 0.1) is 12.8 Å². The van der Waals surface area contributed by atoms with E-state index in [4.69, 9.17) is 21.1 Å². The monoisotopic (exact) mass is 453 g/mol. The molecule has 0 radical (unpaired) electrons. The lowest BCUT2D eigenvalue weighted by Crippen LogP contribution is -2.31. The third-order valence-corrected chi connectivity index (χ3v) is 5.73. The van der Waals surface area contributed by atoms with Crippen LogP contribution in [-0.2, 0) is 29.1 Å². The molecule has 1 aliphatic heterocycles. The van der Waals surface area contributed by atoms with Gasteiger partial charge in [0.15, 0.2) is 11.0 Å². The van der Waals surface area contributed by atoms with Gasteiger partial charge in [-0.15, -0.1) is 0 Å². The van der Waals surface area contributed by atoms with Gasteiger partial charge in [-0.2, -0.15) is 0 Å². The number of nitrogens with one attached hydrogen (secondary N) is 1. The van der Waals surface area contributed by atoms with Crippen molar-refractivity contribution in [3.8, 4) is 5.75 Å². The van der Waals surface area contributed by atoms with Crippen molar-refractivity contribution in [2.45, 2.75) is 39.0 Å². The van der Waals surface area contributed by atoms with E-state index in [1.54, 1.807) is 7.11 Å². The molecule has 0 aliphatic carbocycles. The van der Waals surface area contributed by atoms with Crippen molar-refractivity contribution < 1.29 is 14.3 Å². The number of methoxy groups -OCH3 is 1. The number of aryl methyl sites for hydroxylation is 1. The Bertz CT molecular complexity index is 1190. The number of fused-ring (bicyclic) bond motifs is 1. The smallest absolute Gasteiger partial charge is 0.329 e. The summed E-state index contributed by atoms with van der Waals surface area (Å²) in [6, 6.07) is 14.5. The molecular weight excluding hydrogens is 430 g/mol. The molecular formula is C24H24ClN3O4. The van der Waals surface area contributed by atoms with Crippen molar-refractivity contribution in [3.05, 3.63) is 86.4 Å². The zero-order valence-electron chi connectivity index (χ0n) is 17.9. The summed E-state index contributed by atoms with van der Waals surface area (Å²) in [6.07, 6.45) is 0.935. The Hall–Kier alpha value is -3.32. The third-order valence-electron chi connectivity index (χ3n) is 5.43. The number of carbonyl (C=O) groups excluding carboxylic acids is 1. The second-order valence-electron chi connectivity index (χ2n) is 7.73. The summed E-state index contributed by atoms with van der Waals surface area (Å²) in [5.74, 6) is 0.382. The van der Waals surface area contributed by atoms with E-state index in [2.05, 4.69) is 10.3 Å². The number of ether oxygens (including phenoxy) is 2. The second kappa shape index (κ2) is 9.44. The lowest BCUT2D eigenvalue weighted by atomic mass is 10.1. The second-order valence-corrected chi connectivity index (χ2v) is 8.09. The van der Waals surface area contributed by atoms with Crippen LogP contribution in [-0.4, -0.2) is 22.6 Å². The fraction of sp³-hybridized carbons (Fsp3) is 0.292. The first-order valence-corrected chi connectivity index (χ1v) is 10.7. The summed E-state index contributed by atoms with van der Waals surface area (Å²) >= 11 is 6.36. The Morgan fingerprint density at radius 2 is 2.00 bits per heavy atom. The molecule has 1 aliphatic rings. The average molecular weight is 454 g/mol. The van der Waals surface area contributed by atoms with Gasteiger partial charge in [0.2, 0.25) is 0 Å². The van der Waals surface area contributed by atoms with Gasteiger partial charge in [0, 0.05) is 6.54 Å². The fourth-order valence-electron chi connectivity index (χ4n) is 3.90. The largest absolute Gasteiger partial charge is 0.497 e. The van der Waals surface area contributed by atoms with Crippen molar-refractivity contribution in [2.24, 2.45) is 0 Å². The number of hydrogen-bond donors (Lipinski definition) is 1. The molecule has 0 unspecified atom stereocenters. The van der Waals surface area contributed by atoms with Gasteiger partial charge in [-0.25, -0.2) is 9.78 Å². The minimum absolute atomic E-state index is 0.0991. The first kappa shape index (κ1) is 21.9. The summed E-state index contributed by atoms with van der Waals surface area (Å²) in [7, 11) is 1.61. The standard InChI is InChI=1S/C24H24ClN3O4/c1-15-10-17(12-18(11-15)31-2)13-26-22-23(29)28-19(21(25)27-22)8-9-20(28)24(30)32-14-16-6-4-3-5-7-16/h3-7,10-12,20H,8-9,13-14H2,1-2H3,(H,26,27)/t20-/m0/s1. The minimum atomic E-state index is -0.721. The first-order chi connectivity index (χ1) is 15.5. The maximum atomic E-state index is 13.2. The highest BCUT2D eigenvalue weighted by atomic mass is 35.5. The van der Waals surface area contributed by atoms with E-state index in [1.807, 2.05) is 55.5 Å². The lowest BCUT2D eigenvalue weighted by molar-refractivity contribution is -0.148. The van der Waals surface area contributed by atoms with E-state index < -0.39 is 12.0 Å². The maximum absolute atomic E-state index is 13.2. The van der Waals surface area contributed by atoms with Gasteiger partial charge in [-0.1, -0.05) is 48.0 Å². The van der Waals surface area contributed by atoms with E-state index in [-0.39, 0.29) is 23.1 Å². The maximum Gasteiger partial charge on any atom is 0.329 e. The van der Waals surface area contributed by atoms with Crippen molar-refractivity contribution in [1.29, 1.82) is 0 Å². The molecule has 0 spiro atoms. The molecule has 0 amide bonds. The van der Waals surface area contributed by atoms with E-state index >= 15 is 0 Å². The molecule has 0 fully saturated rings. The highest BCUT2D eigenvalue weighted by molar-refractivity contribution is 6.30. The molecule has 8 heteroatoms. The zero-order chi connectivity index (χ0) is 22.7. The predicted octanol–water partition coefficient (Wildman–Crippen LogP) is 4.06. The van der Waals surface area contributed by atoms with Crippen LogP contribution in [0.5, 0.6) is 5.75 Å². The minimum Gasteiger partial charge on any atom is -0.497 e. The number of hydrogen-bond acceptors (Lipinski definition) is 6. The molecule has 166 valence electrons. The molecule has 32 heavy (non-hydrogen) atoms. The van der Waals surface area contributed by atoms with Crippen LogP contribution in [0.2, 0.25) is 5.15 Å². The molecule has 1 aromatic heterocycles. The average Bonchev–Trinajstić information content (AvgIpc) is 3.25. The van der Waals surface area contributed by atoms with E-state index in [0.717, 1.165) is 22.4 Å². The van der Waals surface area contributed by atoms with Crippen molar-refractivity contribution >= 4 is 23.4 Å². The number of anilines is 1. The molecule has 4 rings (SSSR count). The van der Waals surface area contributed by atoms with Crippen LogP contribution in [0.25, 0.3) is 0 Å². The van der Waals surface area contributed by atoms with Gasteiger partial charge in [-0.05, 0) is 48.6 Å². The Morgan fingerprint density at radius 1 is 1.22 bits per heavy atom. The van der Waals surface area contributed by atoms with Crippen molar-refractivity contribution in [2.75, 3.05) is 12.4 Å². The third kappa shape index (κ3) is 4.62. The molecule has 1 N–H and O–H groups in total. The predicted molar refractivity (Wildman–Crippen MR) is 122 cm³/mol. The molecule has 3 aromatic rings. The first-order valence-electron chi connectivity index (χ1n) is 10.4. The van der Waals surface area contributed by atoms with Crippen molar-refractivity contribution in [1.82, 2.24) is 9.55 Å². The zero-order valence-corrected chi connectivity index (χ0v) is 18.7. The van der Waals surface area contributed by atoms with E-state index in [0.29, 0.717) is 25.1 Å². The van der Waals surface area contributed by atoms with Crippen LogP contribution in [0.1, 0.15) is 34.8 Å². The molecule has 0 bridgehead atoms. The molecule has 2 heterocycles. The van der Waals surface area contributed by atoms with E-state index in [1.165, 1.54) is 4.57 Å². The van der Waals surface area contributed by atoms with E-state index in [9.17, 15) is 9.59 Å². The van der Waals surface area contributed by atoms with Gasteiger partial charge in [0.1, 0.15) is 18.4 Å². The Morgan fingerprint density at radius 3 is 2.75 bits per heavy atom. The quantitative estimate of drug-likeness (QED) is 0.543. The molecule has 1 atom stereocenters. The van der Waals surface area contributed by atoms with Gasteiger partial charge in [0.25, 0.3) is 5.56 Å². The summed E-state index contributed by atoms with van der Waals surface area (Å²) in [5, 5.41) is 3.27. The van der Waals surface area contributed by atoms with Crippen LogP contribution in [0.3, 0.4) is 0 Å². The van der Waals surface area contributed by atoms with Crippen LogP contribution in [0, 0.1) is 6.92 Å². The van der Waals surface area contributed by atoms with Gasteiger partial charge < -0.3 is 14.8 Å². The van der Waals surface area contributed by atoms with Gasteiger partial charge in [-0.3, -0.25) is 9.36 Å². The lowest BCUT2D eigenvalue weighted by Gasteiger charge is -2.16. The fourth-order valence-corrected chi connectivity index (χ4v) is 4.17. The Labute approximate surface area is 191 Å². The van der Waals surface area contributed by atoms with Gasteiger partial charge >= 0.3 is 5.97 Å². The molecule has 0 saturated heterocycles. The molecule has 7 nitrogen and oxygen atoms in total. The number of benzene rings is 2. The topological polar surface area (TPSA) is 82.5 Å². The SMILES string of the molecule is COc1cc(C)cc(CNc2nc(Cl)c3n(c2=O)[C@H](C(=O)OCc2ccccc2)CC3)c1. The van der Waals surface area contributed by atoms with Crippen molar-refractivity contribution in [3.63, 3.8) is 0 Å². The summed E-state index contributed by atoms with van der Waals surface area (Å²) in [5.41, 5.74) is 3.03. The summed E-state index contributed by atoms with van der Waals surface area (Å²) < 4.78 is 12.2. The van der Waals surface area contributed by atoms with Crippen LogP contribution >= 0.6 is 11.6 Å². The molecule has 2 aromatic carbocycles. The Balaban J connectivity index is 1.53. The Kier molecular flexibility index (Phi) is 6.46. The highest BCUT2D eigenvalue weighted by Crippen LogP contribution is 2.30. The number of esters is 1. The normalized spacial score (nSPS) is 14.7. The van der Waals surface area contributed by atoms with Crippen LogP contribution < -0.4 is 15.6 Å². The van der Waals surface area contributed by atoms with Crippen LogP contribution in [0.4, 0.5) is 5.82 Å². The molecule has 0 saturated carbocycles.